The van der Waals surface area contributed by atoms with Crippen LogP contribution in [0.2, 0.25) is 0 Å². The van der Waals surface area contributed by atoms with E-state index < -0.39 is 16.1 Å². The van der Waals surface area contributed by atoms with Gasteiger partial charge in [0.2, 0.25) is 15.9 Å². The molecular weight excluding hydrogens is 352 g/mol. The molecule has 2 aliphatic rings. The Kier molecular flexibility index (Phi) is 5.87. The second-order valence-corrected chi connectivity index (χ2v) is 9.36. The lowest BCUT2D eigenvalue weighted by Gasteiger charge is -2.25. The molecule has 1 heterocycles. The molecule has 1 saturated carbocycles. The van der Waals surface area contributed by atoms with E-state index in [0.29, 0.717) is 30.8 Å². The molecule has 3 rings (SSSR count). The quantitative estimate of drug-likeness (QED) is 0.823. The highest BCUT2D eigenvalue weighted by Crippen LogP contribution is 2.31. The van der Waals surface area contributed by atoms with E-state index in [1.54, 1.807) is 13.2 Å². The molecule has 6 nitrogen and oxygen atoms in total. The van der Waals surface area contributed by atoms with Crippen LogP contribution in [0.4, 0.5) is 5.69 Å². The number of carbonyl (C=O) groups excluding carboxylic acids is 1. The Morgan fingerprint density at radius 2 is 1.96 bits per heavy atom. The van der Waals surface area contributed by atoms with Gasteiger partial charge in [-0.3, -0.25) is 4.79 Å². The number of benzene rings is 1. The fourth-order valence-corrected chi connectivity index (χ4v) is 6.16. The van der Waals surface area contributed by atoms with Gasteiger partial charge in [-0.15, -0.1) is 0 Å². The number of rotatable bonds is 6. The molecule has 0 spiro atoms. The van der Waals surface area contributed by atoms with Crippen LogP contribution >= 0.6 is 0 Å². The summed E-state index contributed by atoms with van der Waals surface area (Å²) in [5, 5.41) is 2.87. The largest absolute Gasteiger partial charge is 0.495 e. The molecule has 0 bridgehead atoms. The van der Waals surface area contributed by atoms with Crippen molar-refractivity contribution in [2.24, 2.45) is 5.92 Å². The van der Waals surface area contributed by atoms with E-state index in [9.17, 15) is 13.2 Å². The van der Waals surface area contributed by atoms with Crippen LogP contribution in [0.5, 0.6) is 5.75 Å². The van der Waals surface area contributed by atoms with Crippen molar-refractivity contribution in [1.29, 1.82) is 0 Å². The molecule has 1 saturated heterocycles. The van der Waals surface area contributed by atoms with Gasteiger partial charge >= 0.3 is 0 Å². The van der Waals surface area contributed by atoms with Gasteiger partial charge in [-0.2, -0.15) is 4.31 Å². The Hall–Kier alpha value is -1.60. The predicted molar refractivity (Wildman–Crippen MR) is 102 cm³/mol. The van der Waals surface area contributed by atoms with Crippen molar-refractivity contribution >= 4 is 21.6 Å². The Bertz CT molecular complexity index is 757. The van der Waals surface area contributed by atoms with Gasteiger partial charge in [0.25, 0.3) is 0 Å². The van der Waals surface area contributed by atoms with Crippen LogP contribution in [-0.2, 0) is 14.8 Å². The zero-order valence-electron chi connectivity index (χ0n) is 15.5. The zero-order chi connectivity index (χ0) is 18.7. The van der Waals surface area contributed by atoms with Crippen LogP contribution < -0.4 is 10.1 Å². The van der Waals surface area contributed by atoms with Gasteiger partial charge in [-0.1, -0.05) is 18.9 Å². The van der Waals surface area contributed by atoms with Gasteiger partial charge in [-0.25, -0.2) is 8.42 Å². The van der Waals surface area contributed by atoms with Crippen molar-refractivity contribution in [1.82, 2.24) is 4.31 Å². The van der Waals surface area contributed by atoms with Gasteiger partial charge in [-0.05, 0) is 56.2 Å². The highest BCUT2D eigenvalue weighted by Gasteiger charge is 2.40. The summed E-state index contributed by atoms with van der Waals surface area (Å²) in [6.07, 6.45) is 5.44. The third-order valence-corrected chi connectivity index (χ3v) is 7.44. The maximum atomic E-state index is 12.9. The van der Waals surface area contributed by atoms with Crippen LogP contribution in [0.25, 0.3) is 0 Å². The van der Waals surface area contributed by atoms with Gasteiger partial charge in [0.15, 0.2) is 0 Å². The van der Waals surface area contributed by atoms with Gasteiger partial charge in [0, 0.05) is 6.54 Å². The molecule has 1 aliphatic carbocycles. The summed E-state index contributed by atoms with van der Waals surface area (Å²) < 4.78 is 32.4. The summed E-state index contributed by atoms with van der Waals surface area (Å²) in [5.41, 5.74) is 1.58. The van der Waals surface area contributed by atoms with Crippen LogP contribution in [0.1, 0.15) is 44.1 Å². The summed E-state index contributed by atoms with van der Waals surface area (Å²) in [6, 6.07) is 4.91. The first kappa shape index (κ1) is 19.2. The number of nitrogens with one attached hydrogen (secondary N) is 1. The molecule has 1 atom stereocenters. The van der Waals surface area contributed by atoms with E-state index in [1.165, 1.54) is 4.31 Å². The molecular formula is C19H28N2O4S. The maximum absolute atomic E-state index is 12.9. The highest BCUT2D eigenvalue weighted by molar-refractivity contribution is 7.89. The predicted octanol–water partition coefficient (Wildman–Crippen LogP) is 2.93. The molecule has 1 aromatic rings. The van der Waals surface area contributed by atoms with Crippen molar-refractivity contribution in [3.8, 4) is 5.75 Å². The third kappa shape index (κ3) is 4.20. The first-order valence-electron chi connectivity index (χ1n) is 9.36. The smallest absolute Gasteiger partial charge is 0.242 e. The minimum atomic E-state index is -3.41. The van der Waals surface area contributed by atoms with E-state index in [1.807, 2.05) is 19.1 Å². The average molecular weight is 381 g/mol. The molecule has 2 fully saturated rings. The first-order valence-corrected chi connectivity index (χ1v) is 11.0. The van der Waals surface area contributed by atoms with Crippen LogP contribution in [0.15, 0.2) is 18.2 Å². The molecule has 7 heteroatoms. The second kappa shape index (κ2) is 7.96. The third-order valence-electron chi connectivity index (χ3n) is 5.40. The Balaban J connectivity index is 1.73. The summed E-state index contributed by atoms with van der Waals surface area (Å²) in [5.74, 6) is 0.703. The number of aryl methyl sites for hydroxylation is 1. The molecule has 1 aromatic carbocycles. The first-order chi connectivity index (χ1) is 12.4. The number of hydrogen-bond donors (Lipinski definition) is 1. The summed E-state index contributed by atoms with van der Waals surface area (Å²) in [7, 11) is -1.86. The standard InChI is InChI=1S/C19H28N2O4S/c1-14-9-10-18(25-2)16(12-14)20-19(22)17-8-5-11-21(17)26(23,24)13-15-6-3-4-7-15/h9-10,12,15,17H,3-8,11,13H2,1-2H3,(H,20,22). The monoisotopic (exact) mass is 380 g/mol. The molecule has 0 aromatic heterocycles. The number of ether oxygens (including phenoxy) is 1. The van der Waals surface area contributed by atoms with Crippen molar-refractivity contribution in [2.75, 3.05) is 24.7 Å². The fourth-order valence-electron chi connectivity index (χ4n) is 4.04. The SMILES string of the molecule is COc1ccc(C)cc1NC(=O)C1CCCN1S(=O)(=O)CC1CCCC1. The fraction of sp³-hybridized carbons (Fsp3) is 0.632. The molecule has 1 unspecified atom stereocenters. The number of carbonyl (C=O) groups is 1. The zero-order valence-corrected chi connectivity index (χ0v) is 16.3. The Morgan fingerprint density at radius 1 is 1.23 bits per heavy atom. The van der Waals surface area contributed by atoms with Crippen molar-refractivity contribution in [3.63, 3.8) is 0 Å². The Morgan fingerprint density at radius 3 is 2.65 bits per heavy atom. The lowest BCUT2D eigenvalue weighted by molar-refractivity contribution is -0.119. The summed E-state index contributed by atoms with van der Waals surface area (Å²) in [4.78, 5) is 12.8. The lowest BCUT2D eigenvalue weighted by Crippen LogP contribution is -2.44. The van der Waals surface area contributed by atoms with Crippen LogP contribution in [0, 0.1) is 12.8 Å². The molecule has 1 N–H and O–H groups in total. The number of anilines is 1. The van der Waals surface area contributed by atoms with Gasteiger partial charge in [0.1, 0.15) is 11.8 Å². The Labute approximate surface area is 156 Å². The van der Waals surface area contributed by atoms with Crippen LogP contribution in [-0.4, -0.2) is 44.1 Å². The highest BCUT2D eigenvalue weighted by atomic mass is 32.2. The number of nitrogens with zero attached hydrogens (tertiary/aromatic N) is 1. The molecule has 0 radical (unpaired) electrons. The number of sulfonamides is 1. The minimum absolute atomic E-state index is 0.171. The van der Waals surface area contributed by atoms with E-state index in [2.05, 4.69) is 5.32 Å². The summed E-state index contributed by atoms with van der Waals surface area (Å²) >= 11 is 0. The maximum Gasteiger partial charge on any atom is 0.242 e. The summed E-state index contributed by atoms with van der Waals surface area (Å²) in [6.45, 7) is 2.36. The topological polar surface area (TPSA) is 75.7 Å². The average Bonchev–Trinajstić information content (AvgIpc) is 3.26. The van der Waals surface area contributed by atoms with Gasteiger partial charge in [0.05, 0.1) is 18.6 Å². The van der Waals surface area contributed by atoms with Gasteiger partial charge < -0.3 is 10.1 Å². The second-order valence-electron chi connectivity index (χ2n) is 7.39. The van der Waals surface area contributed by atoms with E-state index in [0.717, 1.165) is 31.2 Å². The molecule has 1 amide bonds. The van der Waals surface area contributed by atoms with Crippen molar-refractivity contribution < 1.29 is 17.9 Å². The molecule has 144 valence electrons. The molecule has 1 aliphatic heterocycles. The van der Waals surface area contributed by atoms with E-state index in [4.69, 9.17) is 4.74 Å². The van der Waals surface area contributed by atoms with E-state index >= 15 is 0 Å². The number of hydrogen-bond acceptors (Lipinski definition) is 4. The minimum Gasteiger partial charge on any atom is -0.495 e. The number of amides is 1. The lowest BCUT2D eigenvalue weighted by atomic mass is 10.1. The van der Waals surface area contributed by atoms with Crippen molar-refractivity contribution in [3.05, 3.63) is 23.8 Å². The van der Waals surface area contributed by atoms with Crippen molar-refractivity contribution in [2.45, 2.75) is 51.5 Å². The normalized spacial score (nSPS) is 21.8. The molecule has 26 heavy (non-hydrogen) atoms. The van der Waals surface area contributed by atoms with Crippen LogP contribution in [0.3, 0.4) is 0 Å². The number of methoxy groups -OCH3 is 1. The van der Waals surface area contributed by atoms with E-state index in [-0.39, 0.29) is 17.6 Å².